The molecule has 1 atom stereocenters. The van der Waals surface area contributed by atoms with E-state index in [0.29, 0.717) is 5.22 Å². The first-order valence-corrected chi connectivity index (χ1v) is 11.6. The van der Waals surface area contributed by atoms with Crippen LogP contribution in [-0.2, 0) is 6.42 Å². The van der Waals surface area contributed by atoms with Gasteiger partial charge in [-0.3, -0.25) is 0 Å². The Morgan fingerprint density at radius 2 is 1.52 bits per heavy atom. The third kappa shape index (κ3) is 3.24. The average Bonchev–Trinajstić information content (AvgIpc) is 2.84. The molecule has 0 spiro atoms. The molecule has 0 bridgehead atoms. The summed E-state index contributed by atoms with van der Waals surface area (Å²) in [6.45, 7) is 2.17. The van der Waals surface area contributed by atoms with Gasteiger partial charge in [-0.15, -0.1) is 0 Å². The highest BCUT2D eigenvalue weighted by Gasteiger charge is 2.24. The van der Waals surface area contributed by atoms with Crippen LogP contribution in [0.3, 0.4) is 0 Å². The molecule has 2 aliphatic carbocycles. The summed E-state index contributed by atoms with van der Waals surface area (Å²) >= 11 is 0. The van der Waals surface area contributed by atoms with Gasteiger partial charge in [-0.1, -0.05) is 66.7 Å². The van der Waals surface area contributed by atoms with Gasteiger partial charge in [0.1, 0.15) is 11.6 Å². The van der Waals surface area contributed by atoms with Crippen molar-refractivity contribution in [1.82, 2.24) is 0 Å². The highest BCUT2D eigenvalue weighted by atomic mass is 19.1. The second-order valence-electron chi connectivity index (χ2n) is 9.10. The Bertz CT molecular complexity index is 1610. The number of halogens is 2. The summed E-state index contributed by atoms with van der Waals surface area (Å²) in [7, 11) is 0. The molecule has 4 aromatic carbocycles. The summed E-state index contributed by atoms with van der Waals surface area (Å²) in [5.41, 5.74) is 7.55. The van der Waals surface area contributed by atoms with Crippen LogP contribution in [0, 0.1) is 29.0 Å². The van der Waals surface area contributed by atoms with Crippen molar-refractivity contribution in [1.29, 1.82) is 0 Å². The van der Waals surface area contributed by atoms with Crippen LogP contribution in [0.15, 0.2) is 78.9 Å². The first-order chi connectivity index (χ1) is 16.1. The first kappa shape index (κ1) is 20.1. The molecule has 6 rings (SSSR count). The predicted octanol–water partition coefficient (Wildman–Crippen LogP) is 6.02. The minimum atomic E-state index is -0.258. The minimum Gasteiger partial charge on any atom is -0.207 e. The number of rotatable bonds is 2. The Balaban J connectivity index is 1.76. The van der Waals surface area contributed by atoms with Crippen LogP contribution < -0.4 is 10.4 Å². The normalized spacial score (nSPS) is 16.5. The maximum atomic E-state index is 14.9. The van der Waals surface area contributed by atoms with Gasteiger partial charge >= 0.3 is 0 Å². The molecule has 0 saturated carbocycles. The van der Waals surface area contributed by atoms with E-state index < -0.39 is 0 Å². The van der Waals surface area contributed by atoms with Gasteiger partial charge in [0.25, 0.3) is 0 Å². The third-order valence-electron chi connectivity index (χ3n) is 7.22. The summed E-state index contributed by atoms with van der Waals surface area (Å²) in [6, 6.07) is 25.0. The van der Waals surface area contributed by atoms with E-state index in [1.807, 2.05) is 24.3 Å². The highest BCUT2D eigenvalue weighted by Crippen LogP contribution is 2.34. The molecule has 0 aliphatic heterocycles. The largest absolute Gasteiger partial charge is 0.207 e. The fraction of sp³-hybridized carbons (Fsp3) is 0.161. The smallest absolute Gasteiger partial charge is 0.130 e. The van der Waals surface area contributed by atoms with Gasteiger partial charge in [-0.25, -0.2) is 8.78 Å². The lowest BCUT2D eigenvalue weighted by Gasteiger charge is -2.26. The molecule has 0 amide bonds. The summed E-state index contributed by atoms with van der Waals surface area (Å²) < 4.78 is 28.6. The standard InChI is InChI=1S/C31H24F2/c1-19-6-2-3-7-22(19)23-8-4-10-26-25(23)16-17-27-24-9-5-11-30(33)29(24)18-28(31(26)27)20-12-14-21(32)15-13-20/h2-3,5-7,9,11-18,28H,4,8,10H2,1H3. The molecule has 0 aromatic heterocycles. The molecule has 0 nitrogen and oxygen atoms in total. The molecule has 2 heteroatoms. The van der Waals surface area contributed by atoms with Gasteiger partial charge < -0.3 is 0 Å². The minimum absolute atomic E-state index is 0.115. The maximum absolute atomic E-state index is 14.9. The topological polar surface area (TPSA) is 0 Å². The fourth-order valence-electron chi connectivity index (χ4n) is 5.70. The molecule has 162 valence electrons. The number of hydrogen-bond acceptors (Lipinski definition) is 0. The Hall–Kier alpha value is -3.52. The van der Waals surface area contributed by atoms with E-state index in [-0.39, 0.29) is 17.6 Å². The highest BCUT2D eigenvalue weighted by molar-refractivity contribution is 5.71. The lowest BCUT2D eigenvalue weighted by atomic mass is 9.77. The van der Waals surface area contributed by atoms with E-state index in [4.69, 9.17) is 0 Å². The Labute approximate surface area is 191 Å². The molecular formula is C31H24F2. The zero-order chi connectivity index (χ0) is 22.5. The van der Waals surface area contributed by atoms with Crippen molar-refractivity contribution in [2.24, 2.45) is 0 Å². The Morgan fingerprint density at radius 1 is 0.727 bits per heavy atom. The third-order valence-corrected chi connectivity index (χ3v) is 7.22. The first-order valence-electron chi connectivity index (χ1n) is 11.6. The van der Waals surface area contributed by atoms with Crippen LogP contribution >= 0.6 is 0 Å². The van der Waals surface area contributed by atoms with E-state index in [9.17, 15) is 8.78 Å². The van der Waals surface area contributed by atoms with Crippen molar-refractivity contribution in [3.8, 4) is 0 Å². The van der Waals surface area contributed by atoms with Gasteiger partial charge in [0.15, 0.2) is 0 Å². The van der Waals surface area contributed by atoms with E-state index in [1.165, 1.54) is 51.2 Å². The van der Waals surface area contributed by atoms with Gasteiger partial charge in [-0.05, 0) is 93.4 Å². The van der Waals surface area contributed by atoms with Gasteiger partial charge in [0.2, 0.25) is 0 Å². The maximum Gasteiger partial charge on any atom is 0.130 e. The SMILES string of the molecule is Cc1ccccc1C1=c2ccc3c(c2CCC1)C(c1ccc(F)cc1)C=c1c(F)cccc1=3. The molecule has 0 radical (unpaired) electrons. The monoisotopic (exact) mass is 434 g/mol. The van der Waals surface area contributed by atoms with Gasteiger partial charge in [0, 0.05) is 11.1 Å². The quantitative estimate of drug-likeness (QED) is 0.362. The molecule has 2 aliphatic rings. The number of aryl methyl sites for hydroxylation is 1. The van der Waals surface area contributed by atoms with E-state index in [0.717, 1.165) is 35.3 Å². The van der Waals surface area contributed by atoms with E-state index in [2.05, 4.69) is 43.3 Å². The van der Waals surface area contributed by atoms with Crippen LogP contribution in [0.1, 0.15) is 46.6 Å². The van der Waals surface area contributed by atoms with Crippen molar-refractivity contribution >= 4 is 11.6 Å². The lowest BCUT2D eigenvalue weighted by molar-refractivity contribution is 0.615. The molecule has 33 heavy (non-hydrogen) atoms. The molecule has 0 N–H and O–H groups in total. The van der Waals surface area contributed by atoms with E-state index >= 15 is 0 Å². The van der Waals surface area contributed by atoms with Crippen LogP contribution in [0.5, 0.6) is 0 Å². The molecular weight excluding hydrogens is 410 g/mol. The van der Waals surface area contributed by atoms with Crippen LogP contribution in [0.4, 0.5) is 8.78 Å². The van der Waals surface area contributed by atoms with Crippen LogP contribution in [-0.4, -0.2) is 0 Å². The number of benzene rings is 4. The van der Waals surface area contributed by atoms with Crippen molar-refractivity contribution in [2.75, 3.05) is 0 Å². The molecule has 4 aromatic rings. The summed E-state index contributed by atoms with van der Waals surface area (Å²) in [4.78, 5) is 0. The van der Waals surface area contributed by atoms with Gasteiger partial charge in [-0.2, -0.15) is 0 Å². The van der Waals surface area contributed by atoms with Gasteiger partial charge in [0.05, 0.1) is 0 Å². The zero-order valence-corrected chi connectivity index (χ0v) is 18.5. The average molecular weight is 435 g/mol. The van der Waals surface area contributed by atoms with Crippen molar-refractivity contribution < 1.29 is 8.78 Å². The molecule has 0 heterocycles. The summed E-state index contributed by atoms with van der Waals surface area (Å²) in [5.74, 6) is -0.585. The Morgan fingerprint density at radius 3 is 2.33 bits per heavy atom. The molecule has 0 fully saturated rings. The number of fused-ring (bicyclic) bond motifs is 4. The lowest BCUT2D eigenvalue weighted by Crippen LogP contribution is -2.26. The predicted molar refractivity (Wildman–Crippen MR) is 129 cm³/mol. The second-order valence-corrected chi connectivity index (χ2v) is 9.10. The van der Waals surface area contributed by atoms with Crippen molar-refractivity contribution in [3.63, 3.8) is 0 Å². The van der Waals surface area contributed by atoms with Crippen molar-refractivity contribution in [3.05, 3.63) is 139 Å². The Kier molecular flexibility index (Phi) is 4.76. The number of hydrogen-bond donors (Lipinski definition) is 0. The molecule has 0 saturated heterocycles. The van der Waals surface area contributed by atoms with Crippen molar-refractivity contribution in [2.45, 2.75) is 32.1 Å². The fourth-order valence-corrected chi connectivity index (χ4v) is 5.70. The zero-order valence-electron chi connectivity index (χ0n) is 18.5. The van der Waals surface area contributed by atoms with E-state index in [1.54, 1.807) is 6.07 Å². The summed E-state index contributed by atoms with van der Waals surface area (Å²) in [6.07, 6.45) is 5.15. The van der Waals surface area contributed by atoms with Crippen LogP contribution in [0.25, 0.3) is 11.6 Å². The second kappa shape index (κ2) is 7.81. The van der Waals surface area contributed by atoms with Crippen LogP contribution in [0.2, 0.25) is 0 Å². The summed E-state index contributed by atoms with van der Waals surface area (Å²) in [5, 5.41) is 3.97. The molecule has 1 unspecified atom stereocenters.